The Morgan fingerprint density at radius 1 is 1.30 bits per heavy atom. The summed E-state index contributed by atoms with van der Waals surface area (Å²) in [6.07, 6.45) is 2.04. The molecule has 0 aliphatic carbocycles. The standard InChI is InChI=1S/C19H27N3O7S/c1-4-17(18(23)20-11-9-14(10-12-20)19(24)29-5-2)21(30(3,27)28)15-7-6-8-16(13-15)22(25)26/h6-8,13-14,17H,4-5,9-12H2,1-3H3. The van der Waals surface area contributed by atoms with Crippen molar-refractivity contribution in [1.82, 2.24) is 4.90 Å². The number of sulfonamides is 1. The van der Waals surface area contributed by atoms with Crippen LogP contribution in [0.15, 0.2) is 24.3 Å². The van der Waals surface area contributed by atoms with Gasteiger partial charge in [0.25, 0.3) is 5.69 Å². The lowest BCUT2D eigenvalue weighted by Gasteiger charge is -2.37. The average molecular weight is 442 g/mol. The summed E-state index contributed by atoms with van der Waals surface area (Å²) in [5.41, 5.74) is -0.202. The third-order valence-electron chi connectivity index (χ3n) is 5.03. The van der Waals surface area contributed by atoms with Crippen molar-refractivity contribution in [1.29, 1.82) is 0 Å². The molecule has 1 unspecified atom stereocenters. The van der Waals surface area contributed by atoms with Crippen molar-refractivity contribution < 1.29 is 27.7 Å². The number of non-ortho nitro benzene ring substituents is 1. The largest absolute Gasteiger partial charge is 0.466 e. The summed E-state index contributed by atoms with van der Waals surface area (Å²) in [5, 5.41) is 11.1. The van der Waals surface area contributed by atoms with Crippen LogP contribution in [0.1, 0.15) is 33.1 Å². The Morgan fingerprint density at radius 3 is 2.43 bits per heavy atom. The van der Waals surface area contributed by atoms with Crippen LogP contribution in [0.4, 0.5) is 11.4 Å². The Hall–Kier alpha value is -2.69. The Kier molecular flexibility index (Phi) is 7.77. The molecule has 1 heterocycles. The van der Waals surface area contributed by atoms with E-state index in [-0.39, 0.29) is 29.7 Å². The highest BCUT2D eigenvalue weighted by atomic mass is 32.2. The maximum atomic E-state index is 13.2. The first-order valence-electron chi connectivity index (χ1n) is 9.79. The summed E-state index contributed by atoms with van der Waals surface area (Å²) >= 11 is 0. The number of piperidine rings is 1. The van der Waals surface area contributed by atoms with Crippen LogP contribution in [0.2, 0.25) is 0 Å². The van der Waals surface area contributed by atoms with Gasteiger partial charge in [-0.05, 0) is 32.3 Å². The minimum Gasteiger partial charge on any atom is -0.466 e. The van der Waals surface area contributed by atoms with Gasteiger partial charge < -0.3 is 9.64 Å². The van der Waals surface area contributed by atoms with Crippen molar-refractivity contribution in [2.45, 2.75) is 39.2 Å². The number of carbonyl (C=O) groups is 2. The van der Waals surface area contributed by atoms with Crippen molar-refractivity contribution >= 4 is 33.3 Å². The number of esters is 1. The van der Waals surface area contributed by atoms with Gasteiger partial charge in [-0.25, -0.2) is 8.42 Å². The first kappa shape index (κ1) is 23.6. The molecule has 1 aliphatic rings. The smallest absolute Gasteiger partial charge is 0.309 e. The molecule has 1 aliphatic heterocycles. The molecule has 166 valence electrons. The monoisotopic (exact) mass is 441 g/mol. The normalized spacial score (nSPS) is 16.0. The molecule has 0 N–H and O–H groups in total. The molecule has 0 saturated carbocycles. The summed E-state index contributed by atoms with van der Waals surface area (Å²) < 4.78 is 31.1. The predicted molar refractivity (Wildman–Crippen MR) is 110 cm³/mol. The Bertz CT molecular complexity index is 895. The molecule has 1 atom stereocenters. The number of anilines is 1. The van der Waals surface area contributed by atoms with Crippen LogP contribution in [-0.2, 0) is 24.3 Å². The second-order valence-electron chi connectivity index (χ2n) is 7.11. The topological polar surface area (TPSA) is 127 Å². The summed E-state index contributed by atoms with van der Waals surface area (Å²) in [6.45, 7) is 4.33. The van der Waals surface area contributed by atoms with E-state index >= 15 is 0 Å². The molecule has 0 spiro atoms. The van der Waals surface area contributed by atoms with Crippen LogP contribution in [0.3, 0.4) is 0 Å². The number of hydrogen-bond acceptors (Lipinski definition) is 7. The summed E-state index contributed by atoms with van der Waals surface area (Å²) in [4.78, 5) is 37.1. The Morgan fingerprint density at radius 2 is 1.93 bits per heavy atom. The molecule has 30 heavy (non-hydrogen) atoms. The zero-order valence-corrected chi connectivity index (χ0v) is 18.1. The van der Waals surface area contributed by atoms with Crippen LogP contribution in [-0.4, -0.2) is 62.1 Å². The zero-order chi connectivity index (χ0) is 22.5. The van der Waals surface area contributed by atoms with Gasteiger partial charge in [0, 0.05) is 25.2 Å². The van der Waals surface area contributed by atoms with Crippen molar-refractivity contribution in [3.05, 3.63) is 34.4 Å². The number of nitro groups is 1. The van der Waals surface area contributed by atoms with E-state index in [1.807, 2.05) is 0 Å². The van der Waals surface area contributed by atoms with E-state index in [4.69, 9.17) is 4.74 Å². The maximum absolute atomic E-state index is 13.2. The number of ether oxygens (including phenoxy) is 1. The number of hydrogen-bond donors (Lipinski definition) is 0. The fourth-order valence-electron chi connectivity index (χ4n) is 3.59. The van der Waals surface area contributed by atoms with Gasteiger partial charge in [-0.1, -0.05) is 13.0 Å². The third kappa shape index (κ3) is 5.47. The number of rotatable bonds is 8. The van der Waals surface area contributed by atoms with Crippen LogP contribution in [0, 0.1) is 16.0 Å². The van der Waals surface area contributed by atoms with E-state index in [2.05, 4.69) is 0 Å². The highest BCUT2D eigenvalue weighted by Crippen LogP contribution is 2.28. The second-order valence-corrected chi connectivity index (χ2v) is 8.97. The van der Waals surface area contributed by atoms with E-state index in [1.54, 1.807) is 18.7 Å². The quantitative estimate of drug-likeness (QED) is 0.343. The Labute approximate surface area is 176 Å². The lowest BCUT2D eigenvalue weighted by atomic mass is 9.96. The lowest BCUT2D eigenvalue weighted by Crippen LogP contribution is -2.52. The second kappa shape index (κ2) is 9.88. The van der Waals surface area contributed by atoms with Gasteiger partial charge in [-0.2, -0.15) is 0 Å². The van der Waals surface area contributed by atoms with Crippen molar-refractivity contribution in [2.24, 2.45) is 5.92 Å². The number of amides is 1. The van der Waals surface area contributed by atoms with E-state index in [1.165, 1.54) is 18.2 Å². The third-order valence-corrected chi connectivity index (χ3v) is 6.21. The average Bonchev–Trinajstić information content (AvgIpc) is 2.70. The van der Waals surface area contributed by atoms with E-state index in [0.29, 0.717) is 32.5 Å². The Balaban J connectivity index is 2.26. The maximum Gasteiger partial charge on any atom is 0.309 e. The number of likely N-dealkylation sites (tertiary alicyclic amines) is 1. The van der Waals surface area contributed by atoms with Crippen LogP contribution >= 0.6 is 0 Å². The van der Waals surface area contributed by atoms with Crippen LogP contribution in [0.5, 0.6) is 0 Å². The number of benzene rings is 1. The molecule has 11 heteroatoms. The molecule has 2 rings (SSSR count). The van der Waals surface area contributed by atoms with Gasteiger partial charge >= 0.3 is 5.97 Å². The van der Waals surface area contributed by atoms with Gasteiger partial charge in [0.2, 0.25) is 15.9 Å². The molecular formula is C19H27N3O7S. The van der Waals surface area contributed by atoms with E-state index in [9.17, 15) is 28.1 Å². The molecule has 0 bridgehead atoms. The summed E-state index contributed by atoms with van der Waals surface area (Å²) in [5.74, 6) is -0.959. The number of nitro benzene ring substituents is 1. The fourth-order valence-corrected chi connectivity index (χ4v) is 4.79. The van der Waals surface area contributed by atoms with E-state index in [0.717, 1.165) is 16.6 Å². The zero-order valence-electron chi connectivity index (χ0n) is 17.3. The molecule has 10 nitrogen and oxygen atoms in total. The van der Waals surface area contributed by atoms with Gasteiger partial charge in [0.05, 0.1) is 29.4 Å². The SMILES string of the molecule is CCOC(=O)C1CCN(C(=O)C(CC)N(c2cccc([N+](=O)[O-])c2)S(C)(=O)=O)CC1. The molecule has 1 aromatic carbocycles. The van der Waals surface area contributed by atoms with Crippen LogP contribution in [0.25, 0.3) is 0 Å². The highest BCUT2D eigenvalue weighted by molar-refractivity contribution is 7.92. The molecule has 1 saturated heterocycles. The minimum atomic E-state index is -3.90. The summed E-state index contributed by atoms with van der Waals surface area (Å²) in [6, 6.07) is 4.17. The molecule has 0 aromatic heterocycles. The van der Waals surface area contributed by atoms with Crippen LogP contribution < -0.4 is 4.31 Å². The van der Waals surface area contributed by atoms with Gasteiger partial charge in [-0.15, -0.1) is 0 Å². The molecule has 1 aromatic rings. The van der Waals surface area contributed by atoms with Gasteiger partial charge in [0.1, 0.15) is 6.04 Å². The summed E-state index contributed by atoms with van der Waals surface area (Å²) in [7, 11) is -3.90. The van der Waals surface area contributed by atoms with Gasteiger partial charge in [-0.3, -0.25) is 24.0 Å². The molecule has 1 fully saturated rings. The van der Waals surface area contributed by atoms with Crippen molar-refractivity contribution in [3.8, 4) is 0 Å². The number of nitrogens with zero attached hydrogens (tertiary/aromatic N) is 3. The first-order chi connectivity index (χ1) is 14.1. The highest BCUT2D eigenvalue weighted by Gasteiger charge is 2.37. The van der Waals surface area contributed by atoms with E-state index < -0.39 is 26.9 Å². The molecule has 0 radical (unpaired) electrons. The lowest BCUT2D eigenvalue weighted by molar-refractivity contribution is -0.384. The molecular weight excluding hydrogens is 414 g/mol. The predicted octanol–water partition coefficient (Wildman–Crippen LogP) is 1.94. The van der Waals surface area contributed by atoms with Crippen molar-refractivity contribution in [3.63, 3.8) is 0 Å². The fraction of sp³-hybridized carbons (Fsp3) is 0.579. The first-order valence-corrected chi connectivity index (χ1v) is 11.6. The molecule has 1 amide bonds. The number of carbonyl (C=O) groups excluding carboxylic acids is 2. The minimum absolute atomic E-state index is 0.0632. The van der Waals surface area contributed by atoms with Crippen molar-refractivity contribution in [2.75, 3.05) is 30.3 Å². The van der Waals surface area contributed by atoms with Gasteiger partial charge in [0.15, 0.2) is 0 Å².